The molecule has 0 heterocycles. The molecule has 1 atom stereocenters. The van der Waals surface area contributed by atoms with Gasteiger partial charge in [0.25, 0.3) is 0 Å². The third-order valence-corrected chi connectivity index (χ3v) is 7.80. The largest absolute Gasteiger partial charge is 2.00 e. The van der Waals surface area contributed by atoms with E-state index in [1.807, 2.05) is 0 Å². The zero-order valence-electron chi connectivity index (χ0n) is 22.1. The van der Waals surface area contributed by atoms with Gasteiger partial charge in [-0.1, -0.05) is 45.4 Å². The SMILES string of the molecule is CC(C)N(C(C)C)P(CCC#N)OCC1CCCC1.CC1CCCC1.COC.[CH3-].[CH3-].[Fe+2]. The van der Waals surface area contributed by atoms with Gasteiger partial charge in [0, 0.05) is 38.9 Å². The first-order chi connectivity index (χ1) is 13.4. The van der Waals surface area contributed by atoms with Crippen LogP contribution in [0.3, 0.4) is 0 Å². The van der Waals surface area contributed by atoms with Crippen molar-refractivity contribution in [1.82, 2.24) is 4.67 Å². The van der Waals surface area contributed by atoms with Gasteiger partial charge in [-0.2, -0.15) is 5.26 Å². The van der Waals surface area contributed by atoms with Crippen LogP contribution in [0.15, 0.2) is 0 Å². The van der Waals surface area contributed by atoms with Crippen molar-refractivity contribution in [3.8, 4) is 6.07 Å². The Morgan fingerprint density at radius 2 is 1.35 bits per heavy atom. The molecule has 188 valence electrons. The van der Waals surface area contributed by atoms with Gasteiger partial charge < -0.3 is 24.1 Å². The monoisotopic (exact) mass is 500 g/mol. The summed E-state index contributed by atoms with van der Waals surface area (Å²) >= 11 is 0. The molecule has 4 nitrogen and oxygen atoms in total. The van der Waals surface area contributed by atoms with Crippen molar-refractivity contribution in [2.24, 2.45) is 11.8 Å². The van der Waals surface area contributed by atoms with Crippen LogP contribution in [0.2, 0.25) is 0 Å². The quantitative estimate of drug-likeness (QED) is 0.193. The third-order valence-electron chi connectivity index (χ3n) is 5.31. The van der Waals surface area contributed by atoms with E-state index in [0.29, 0.717) is 18.5 Å². The Balaban J connectivity index is -0.000000256. The molecule has 0 bridgehead atoms. The minimum Gasteiger partial charge on any atom is -0.388 e. The Kier molecular flexibility index (Phi) is 31.0. The topological polar surface area (TPSA) is 45.5 Å². The van der Waals surface area contributed by atoms with Crippen molar-refractivity contribution in [2.45, 2.75) is 104 Å². The Labute approximate surface area is 208 Å². The van der Waals surface area contributed by atoms with E-state index in [4.69, 9.17) is 9.79 Å². The fourth-order valence-corrected chi connectivity index (χ4v) is 6.20. The van der Waals surface area contributed by atoms with E-state index >= 15 is 0 Å². The van der Waals surface area contributed by atoms with Gasteiger partial charge in [-0.3, -0.25) is 4.67 Å². The molecule has 0 amide bonds. The number of nitrogens with zero attached hydrogens (tertiary/aromatic N) is 2. The molecular weight excluding hydrogens is 447 g/mol. The van der Waals surface area contributed by atoms with E-state index in [9.17, 15) is 0 Å². The smallest absolute Gasteiger partial charge is 0.388 e. The van der Waals surface area contributed by atoms with Crippen molar-refractivity contribution >= 4 is 8.30 Å². The summed E-state index contributed by atoms with van der Waals surface area (Å²) in [6.45, 7) is 12.1. The maximum absolute atomic E-state index is 8.84. The summed E-state index contributed by atoms with van der Waals surface area (Å²) in [4.78, 5) is 0. The van der Waals surface area contributed by atoms with Gasteiger partial charge in [0.1, 0.15) is 8.30 Å². The molecule has 0 saturated heterocycles. The second-order valence-electron chi connectivity index (χ2n) is 8.80. The van der Waals surface area contributed by atoms with Crippen LogP contribution in [0, 0.1) is 38.0 Å². The first-order valence-corrected chi connectivity index (χ1v) is 12.7. The van der Waals surface area contributed by atoms with E-state index < -0.39 is 8.30 Å². The van der Waals surface area contributed by atoms with Gasteiger partial charge in [0.05, 0.1) is 12.7 Å². The molecule has 2 aliphatic rings. The number of hydrogen-bond donors (Lipinski definition) is 0. The van der Waals surface area contributed by atoms with Gasteiger partial charge in [-0.05, 0) is 52.4 Å². The molecule has 0 aromatic heterocycles. The van der Waals surface area contributed by atoms with E-state index in [1.54, 1.807) is 14.2 Å². The molecule has 2 saturated carbocycles. The van der Waals surface area contributed by atoms with Crippen LogP contribution in [0.4, 0.5) is 0 Å². The standard InChI is InChI=1S/C15H29N2OP.C6H12.C2H6O.2CH3.Fe/c1-13(2)17(14(3)4)19(11-7-10-16)18-12-15-8-5-6-9-15;1-6-4-2-3-5-6;1-3-2;;;/h13-15H,5-9,11-12H2,1-4H3;6H,2-5H2,1H3;1-2H3;2*1H3;/q;;;2*-1;+2. The van der Waals surface area contributed by atoms with Crippen LogP contribution in [0.5, 0.6) is 0 Å². The van der Waals surface area contributed by atoms with Crippen LogP contribution in [-0.2, 0) is 26.3 Å². The van der Waals surface area contributed by atoms with Gasteiger partial charge in [-0.15, -0.1) is 0 Å². The van der Waals surface area contributed by atoms with Crippen LogP contribution < -0.4 is 0 Å². The van der Waals surface area contributed by atoms with Crippen molar-refractivity contribution < 1.29 is 26.3 Å². The summed E-state index contributed by atoms with van der Waals surface area (Å²) < 4.78 is 13.0. The predicted molar refractivity (Wildman–Crippen MR) is 135 cm³/mol. The molecule has 0 aliphatic heterocycles. The average Bonchev–Trinajstić information content (AvgIpc) is 3.31. The first kappa shape index (κ1) is 38.6. The fourth-order valence-electron chi connectivity index (χ4n) is 4.00. The average molecular weight is 501 g/mol. The molecule has 2 aliphatic carbocycles. The molecule has 0 N–H and O–H groups in total. The Hall–Kier alpha value is 0.319. The van der Waals surface area contributed by atoms with Gasteiger partial charge in [0.2, 0.25) is 0 Å². The maximum atomic E-state index is 8.84. The normalized spacial score (nSPS) is 16.8. The van der Waals surface area contributed by atoms with Crippen LogP contribution >= 0.6 is 8.30 Å². The Morgan fingerprint density at radius 1 is 0.935 bits per heavy atom. The molecule has 2 fully saturated rings. The molecule has 0 aromatic carbocycles. The van der Waals surface area contributed by atoms with Crippen molar-refractivity contribution in [2.75, 3.05) is 27.0 Å². The molecule has 1 unspecified atom stereocenters. The number of hydrogen-bond acceptors (Lipinski definition) is 4. The third kappa shape index (κ3) is 19.5. The number of ether oxygens (including phenoxy) is 1. The first-order valence-electron chi connectivity index (χ1n) is 11.3. The van der Waals surface area contributed by atoms with Gasteiger partial charge >= 0.3 is 17.1 Å². The summed E-state index contributed by atoms with van der Waals surface area (Å²) in [7, 11) is 2.64. The van der Waals surface area contributed by atoms with E-state index in [0.717, 1.165) is 24.6 Å². The molecule has 6 heteroatoms. The number of methoxy groups -OCH3 is 1. The van der Waals surface area contributed by atoms with E-state index in [-0.39, 0.29) is 31.9 Å². The maximum Gasteiger partial charge on any atom is 2.00 e. The van der Waals surface area contributed by atoms with Gasteiger partial charge in [0.15, 0.2) is 0 Å². The summed E-state index contributed by atoms with van der Waals surface area (Å²) in [5, 5.41) is 8.84. The van der Waals surface area contributed by atoms with E-state index in [2.05, 4.69) is 50.1 Å². The molecule has 2 rings (SSSR count). The Bertz CT molecular complexity index is 385. The van der Waals surface area contributed by atoms with Crippen molar-refractivity contribution in [1.29, 1.82) is 5.26 Å². The zero-order chi connectivity index (χ0) is 21.4. The molecule has 0 radical (unpaired) electrons. The Morgan fingerprint density at radius 3 is 1.68 bits per heavy atom. The van der Waals surface area contributed by atoms with Gasteiger partial charge in [-0.25, -0.2) is 0 Å². The molecule has 31 heavy (non-hydrogen) atoms. The van der Waals surface area contributed by atoms with Crippen molar-refractivity contribution in [3.63, 3.8) is 0 Å². The molecule has 0 spiro atoms. The molecular formula is C25H53FeN2O2P. The summed E-state index contributed by atoms with van der Waals surface area (Å²) in [6.07, 6.45) is 12.8. The number of rotatable bonds is 8. The van der Waals surface area contributed by atoms with Crippen LogP contribution in [0.1, 0.15) is 92.4 Å². The summed E-state index contributed by atoms with van der Waals surface area (Å²) in [5.74, 6) is 1.80. The van der Waals surface area contributed by atoms with E-state index in [1.165, 1.54) is 51.4 Å². The van der Waals surface area contributed by atoms with Crippen molar-refractivity contribution in [3.05, 3.63) is 14.9 Å². The number of nitriles is 1. The predicted octanol–water partition coefficient (Wildman–Crippen LogP) is 7.89. The second-order valence-corrected chi connectivity index (χ2v) is 10.7. The minimum atomic E-state index is -0.614. The summed E-state index contributed by atoms with van der Waals surface area (Å²) in [5.41, 5.74) is 0. The fraction of sp³-hybridized carbons (Fsp3) is 0.880. The zero-order valence-corrected chi connectivity index (χ0v) is 24.1. The summed E-state index contributed by atoms with van der Waals surface area (Å²) in [6, 6.07) is 3.23. The molecule has 0 aromatic rings. The van der Waals surface area contributed by atoms with Crippen LogP contribution in [-0.4, -0.2) is 43.7 Å². The second kappa shape index (κ2) is 25.0. The van der Waals surface area contributed by atoms with Crippen LogP contribution in [0.25, 0.3) is 0 Å². The minimum absolute atomic E-state index is 0.